The van der Waals surface area contributed by atoms with Gasteiger partial charge in [-0.15, -0.1) is 0 Å². The molecule has 1 unspecified atom stereocenters. The molecule has 190 valence electrons. The van der Waals surface area contributed by atoms with E-state index in [0.717, 1.165) is 47.6 Å². The molecule has 37 heavy (non-hydrogen) atoms. The van der Waals surface area contributed by atoms with Crippen molar-refractivity contribution in [3.63, 3.8) is 0 Å². The summed E-state index contributed by atoms with van der Waals surface area (Å²) in [5, 5.41) is 6.93. The number of carbonyl (C=O) groups excluding carboxylic acids is 2. The minimum atomic E-state index is -0.695. The van der Waals surface area contributed by atoms with Crippen molar-refractivity contribution in [3.05, 3.63) is 77.1 Å². The van der Waals surface area contributed by atoms with Crippen LogP contribution in [0.2, 0.25) is 0 Å². The summed E-state index contributed by atoms with van der Waals surface area (Å²) in [6.07, 6.45) is 6.42. The molecule has 1 N–H and O–H groups in total. The molecule has 2 aliphatic heterocycles. The highest BCUT2D eigenvalue weighted by molar-refractivity contribution is 6.00. The molecule has 0 radical (unpaired) electrons. The number of carbonyl (C=O) groups is 2. The van der Waals surface area contributed by atoms with Crippen LogP contribution in [0.1, 0.15) is 41.6 Å². The third-order valence-electron chi connectivity index (χ3n) is 6.72. The predicted molar refractivity (Wildman–Crippen MR) is 136 cm³/mol. The van der Waals surface area contributed by atoms with Gasteiger partial charge >= 0.3 is 6.03 Å². The van der Waals surface area contributed by atoms with Gasteiger partial charge in [0.2, 0.25) is 11.9 Å². The van der Waals surface area contributed by atoms with Crippen molar-refractivity contribution in [2.45, 2.75) is 38.1 Å². The van der Waals surface area contributed by atoms with Gasteiger partial charge in [-0.05, 0) is 61.1 Å². The number of ether oxygens (including phenoxy) is 1. The van der Waals surface area contributed by atoms with Crippen molar-refractivity contribution < 1.29 is 18.7 Å². The first-order chi connectivity index (χ1) is 18.0. The van der Waals surface area contributed by atoms with E-state index in [1.165, 1.54) is 12.3 Å². The van der Waals surface area contributed by atoms with Crippen LogP contribution in [0.4, 0.5) is 14.9 Å². The van der Waals surface area contributed by atoms with E-state index in [0.29, 0.717) is 36.4 Å². The van der Waals surface area contributed by atoms with Gasteiger partial charge in [-0.2, -0.15) is 14.2 Å². The molecule has 1 aromatic carbocycles. The van der Waals surface area contributed by atoms with Gasteiger partial charge in [0.25, 0.3) is 0 Å². The minimum Gasteiger partial charge on any atom is -0.381 e. The maximum atomic E-state index is 13.4. The summed E-state index contributed by atoms with van der Waals surface area (Å²) in [7, 11) is 1.72. The Hall–Kier alpha value is -4.03. The summed E-state index contributed by atoms with van der Waals surface area (Å²) in [6.45, 7) is 1.50. The summed E-state index contributed by atoms with van der Waals surface area (Å²) < 4.78 is 19.9. The molecule has 0 saturated carbocycles. The van der Waals surface area contributed by atoms with E-state index in [1.807, 2.05) is 18.2 Å². The molecule has 2 aliphatic rings. The Morgan fingerprint density at radius 3 is 2.86 bits per heavy atom. The molecule has 2 aromatic heterocycles. The molecule has 2 amide bonds. The first-order valence-electron chi connectivity index (χ1n) is 12.4. The number of pyridine rings is 1. The molecule has 0 spiro atoms. The number of halogens is 1. The summed E-state index contributed by atoms with van der Waals surface area (Å²) >= 11 is 0. The lowest BCUT2D eigenvalue weighted by Crippen LogP contribution is -2.48. The second kappa shape index (κ2) is 10.9. The molecular weight excluding hydrogens is 473 g/mol. The number of nitrogens with zero attached hydrogens (tertiary/aromatic N) is 4. The number of benzene rings is 1. The van der Waals surface area contributed by atoms with Gasteiger partial charge in [-0.3, -0.25) is 4.79 Å². The number of nitrogens with one attached hydrogen (secondary N) is 1. The Morgan fingerprint density at radius 2 is 2.05 bits per heavy atom. The maximum Gasteiger partial charge on any atom is 0.342 e. The van der Waals surface area contributed by atoms with Gasteiger partial charge in [-0.25, -0.2) is 9.78 Å². The Labute approximate surface area is 214 Å². The van der Waals surface area contributed by atoms with Crippen molar-refractivity contribution in [3.8, 4) is 11.8 Å². The van der Waals surface area contributed by atoms with E-state index in [1.54, 1.807) is 30.3 Å². The average molecular weight is 502 g/mol. The monoisotopic (exact) mass is 501 g/mol. The molecule has 0 aliphatic carbocycles. The van der Waals surface area contributed by atoms with E-state index in [2.05, 4.69) is 27.2 Å². The van der Waals surface area contributed by atoms with Crippen LogP contribution in [0.5, 0.6) is 0 Å². The van der Waals surface area contributed by atoms with Gasteiger partial charge < -0.3 is 15.0 Å². The largest absolute Gasteiger partial charge is 0.381 e. The number of fused-ring (bicyclic) bond motifs is 1. The molecule has 5 rings (SSSR count). The zero-order valence-corrected chi connectivity index (χ0v) is 20.6. The number of aryl methyl sites for hydroxylation is 1. The molecular formula is C28H28FN5O3. The van der Waals surface area contributed by atoms with Gasteiger partial charge in [0.05, 0.1) is 6.20 Å². The van der Waals surface area contributed by atoms with Gasteiger partial charge in [0, 0.05) is 55.7 Å². The van der Waals surface area contributed by atoms with E-state index < -0.39 is 18.0 Å². The summed E-state index contributed by atoms with van der Waals surface area (Å²) in [6, 6.07) is 9.32. The quantitative estimate of drug-likeness (QED) is 0.439. The number of hydrogen-bond donors (Lipinski definition) is 1. The molecule has 1 fully saturated rings. The molecule has 1 saturated heterocycles. The Morgan fingerprint density at radius 1 is 1.22 bits per heavy atom. The van der Waals surface area contributed by atoms with Crippen LogP contribution < -0.4 is 10.2 Å². The van der Waals surface area contributed by atoms with E-state index in [-0.39, 0.29) is 5.91 Å². The number of amides is 2. The third kappa shape index (κ3) is 5.87. The summed E-state index contributed by atoms with van der Waals surface area (Å²) in [5.74, 6) is 6.17. The summed E-state index contributed by atoms with van der Waals surface area (Å²) in [4.78, 5) is 31.6. The Balaban J connectivity index is 1.25. The van der Waals surface area contributed by atoms with Crippen molar-refractivity contribution in [1.82, 2.24) is 20.1 Å². The van der Waals surface area contributed by atoms with E-state index in [4.69, 9.17) is 4.74 Å². The van der Waals surface area contributed by atoms with Crippen LogP contribution >= 0.6 is 0 Å². The van der Waals surface area contributed by atoms with E-state index in [9.17, 15) is 14.0 Å². The zero-order valence-electron chi connectivity index (χ0n) is 20.6. The lowest BCUT2D eigenvalue weighted by atomic mass is 10.00. The van der Waals surface area contributed by atoms with Crippen molar-refractivity contribution in [2.24, 2.45) is 5.92 Å². The standard InChI is InChI=1S/C28H28FN5O3/c1-33-25-16-20(6-5-19-11-13-37-14-12-19)7-8-22(25)9-10-24(27(33)35)32-28(36)34-18-21(17-30-34)15-23-3-2-4-26(29)31-23/h2-4,7-8,16-19,24H,9-15H2,1H3,(H,32,36). The SMILES string of the molecule is CN1C(=O)C(NC(=O)n2cc(Cc3cccc(F)n3)cn2)CCc2ccc(C#CC3CCOCC3)cc21. The van der Waals surface area contributed by atoms with Crippen LogP contribution in [-0.4, -0.2) is 53.0 Å². The van der Waals surface area contributed by atoms with Crippen molar-refractivity contribution >= 4 is 17.6 Å². The van der Waals surface area contributed by atoms with E-state index >= 15 is 0 Å². The predicted octanol–water partition coefficient (Wildman–Crippen LogP) is 3.32. The topological polar surface area (TPSA) is 89.4 Å². The molecule has 1 atom stereocenters. The molecule has 3 aromatic rings. The third-order valence-corrected chi connectivity index (χ3v) is 6.72. The average Bonchev–Trinajstić information content (AvgIpc) is 3.34. The van der Waals surface area contributed by atoms with Crippen LogP contribution in [0.3, 0.4) is 0 Å². The first kappa shape index (κ1) is 24.7. The first-order valence-corrected chi connectivity index (χ1v) is 12.4. The Kier molecular flexibility index (Phi) is 7.28. The number of hydrogen-bond acceptors (Lipinski definition) is 5. The smallest absolute Gasteiger partial charge is 0.342 e. The second-order valence-electron chi connectivity index (χ2n) is 9.36. The zero-order chi connectivity index (χ0) is 25.8. The lowest BCUT2D eigenvalue weighted by Gasteiger charge is -2.22. The molecule has 9 heteroatoms. The normalized spacial score (nSPS) is 17.9. The van der Waals surface area contributed by atoms with Gasteiger partial charge in [-0.1, -0.05) is 24.0 Å². The highest BCUT2D eigenvalue weighted by Gasteiger charge is 2.30. The fourth-order valence-corrected chi connectivity index (χ4v) is 4.64. The molecule has 0 bridgehead atoms. The fraction of sp³-hybridized carbons (Fsp3) is 0.357. The van der Waals surface area contributed by atoms with Gasteiger partial charge in [0.1, 0.15) is 6.04 Å². The minimum absolute atomic E-state index is 0.196. The molecule has 8 nitrogen and oxygen atoms in total. The van der Waals surface area contributed by atoms with Crippen molar-refractivity contribution in [2.75, 3.05) is 25.2 Å². The fourth-order valence-electron chi connectivity index (χ4n) is 4.64. The second-order valence-corrected chi connectivity index (χ2v) is 9.36. The van der Waals surface area contributed by atoms with Crippen molar-refractivity contribution in [1.29, 1.82) is 0 Å². The lowest BCUT2D eigenvalue weighted by molar-refractivity contribution is -0.120. The van der Waals surface area contributed by atoms with Gasteiger partial charge in [0.15, 0.2) is 0 Å². The number of aromatic nitrogens is 3. The van der Waals surface area contributed by atoms with Crippen LogP contribution in [-0.2, 0) is 22.4 Å². The van der Waals surface area contributed by atoms with Crippen LogP contribution in [0.25, 0.3) is 0 Å². The van der Waals surface area contributed by atoms with Crippen LogP contribution in [0.15, 0.2) is 48.8 Å². The Bertz CT molecular complexity index is 1370. The number of anilines is 1. The number of rotatable bonds is 3. The number of likely N-dealkylation sites (N-methyl/N-ethyl adjacent to an activating group) is 1. The summed E-state index contributed by atoms with van der Waals surface area (Å²) in [5.41, 5.74) is 3.95. The maximum absolute atomic E-state index is 13.4. The highest BCUT2D eigenvalue weighted by Crippen LogP contribution is 2.27. The van der Waals surface area contributed by atoms with Crippen LogP contribution in [0, 0.1) is 23.7 Å². The highest BCUT2D eigenvalue weighted by atomic mass is 19.1. The molecule has 4 heterocycles.